The Hall–Kier alpha value is -1.54. The number of hydrogen-bond acceptors (Lipinski definition) is 6. The van der Waals surface area contributed by atoms with Crippen LogP contribution < -0.4 is 0 Å². The summed E-state index contributed by atoms with van der Waals surface area (Å²) >= 11 is 0. The molecule has 0 aliphatic carbocycles. The minimum absolute atomic E-state index is 0.254. The van der Waals surface area contributed by atoms with Crippen LogP contribution in [-0.2, 0) is 11.3 Å². The molecule has 1 unspecified atom stereocenters. The Balaban J connectivity index is 0.000000505. The second kappa shape index (κ2) is 9.68. The maximum absolute atomic E-state index is 8.08. The molecule has 2 rings (SSSR count). The highest BCUT2D eigenvalue weighted by atomic mass is 16.5. The number of rotatable bonds is 7. The van der Waals surface area contributed by atoms with Crippen molar-refractivity contribution in [1.82, 2.24) is 19.4 Å². The number of aromatic nitrogens is 3. The Morgan fingerprint density at radius 1 is 1.38 bits per heavy atom. The molecule has 2 heterocycles. The molecular weight excluding hydrogens is 308 g/mol. The van der Waals surface area contributed by atoms with Gasteiger partial charge in [0, 0.05) is 38.0 Å². The number of nitrogens with zero attached hydrogens (tertiary/aromatic N) is 4. The lowest BCUT2D eigenvalue weighted by molar-refractivity contribution is -0.127. The monoisotopic (exact) mass is 338 g/mol. The lowest BCUT2D eigenvalue weighted by Crippen LogP contribution is -2.31. The summed E-state index contributed by atoms with van der Waals surface area (Å²) in [6.45, 7) is 7.67. The van der Waals surface area contributed by atoms with Crippen LogP contribution in [0.15, 0.2) is 24.8 Å². The van der Waals surface area contributed by atoms with Gasteiger partial charge in [-0.3, -0.25) is 0 Å². The van der Waals surface area contributed by atoms with Crippen molar-refractivity contribution in [3.63, 3.8) is 0 Å². The van der Waals surface area contributed by atoms with E-state index < -0.39 is 5.79 Å². The molecule has 2 aromatic rings. The summed E-state index contributed by atoms with van der Waals surface area (Å²) in [7, 11) is 3.90. The maximum atomic E-state index is 8.08. The molecule has 136 valence electrons. The number of aliphatic hydroxyl groups is 2. The second-order valence-electron chi connectivity index (χ2n) is 6.31. The molecule has 0 saturated heterocycles. The highest BCUT2D eigenvalue weighted by Crippen LogP contribution is 2.12. The van der Waals surface area contributed by atoms with Gasteiger partial charge in [-0.25, -0.2) is 9.97 Å². The van der Waals surface area contributed by atoms with Gasteiger partial charge in [0.1, 0.15) is 12.0 Å². The van der Waals surface area contributed by atoms with E-state index in [0.29, 0.717) is 0 Å². The van der Waals surface area contributed by atoms with Crippen molar-refractivity contribution in [2.75, 3.05) is 27.2 Å². The van der Waals surface area contributed by atoms with E-state index in [9.17, 15) is 0 Å². The molecule has 2 aromatic heterocycles. The van der Waals surface area contributed by atoms with Crippen molar-refractivity contribution in [3.05, 3.63) is 24.8 Å². The summed E-state index contributed by atoms with van der Waals surface area (Å²) in [4.78, 5) is 10.6. The SMILES string of the molecule is CC(C)(O)O.CCN(C)CC(CCn1ccc2cncnc21)OC. The van der Waals surface area contributed by atoms with Gasteiger partial charge in [0.25, 0.3) is 0 Å². The number of aryl methyl sites for hydroxylation is 1. The Labute approximate surface area is 143 Å². The van der Waals surface area contributed by atoms with E-state index in [1.807, 2.05) is 6.20 Å². The first kappa shape index (κ1) is 20.5. The minimum atomic E-state index is -1.50. The van der Waals surface area contributed by atoms with Crippen LogP contribution in [0.3, 0.4) is 0 Å². The zero-order valence-electron chi connectivity index (χ0n) is 15.3. The first-order chi connectivity index (χ1) is 11.2. The third kappa shape index (κ3) is 7.83. The van der Waals surface area contributed by atoms with Crippen LogP contribution >= 0.6 is 0 Å². The molecule has 0 aromatic carbocycles. The highest BCUT2D eigenvalue weighted by molar-refractivity contribution is 5.74. The van der Waals surface area contributed by atoms with Crippen molar-refractivity contribution in [1.29, 1.82) is 0 Å². The van der Waals surface area contributed by atoms with Crippen LogP contribution in [-0.4, -0.2) is 68.8 Å². The highest BCUT2D eigenvalue weighted by Gasteiger charge is 2.11. The number of likely N-dealkylation sites (N-methyl/N-ethyl adjacent to an activating group) is 1. The molecule has 0 amide bonds. The van der Waals surface area contributed by atoms with Crippen molar-refractivity contribution in [3.8, 4) is 0 Å². The molecule has 7 heteroatoms. The molecular formula is C17H30N4O3. The number of hydrogen-bond donors (Lipinski definition) is 2. The normalized spacial score (nSPS) is 13.0. The standard InChI is InChI=1S/C14H22N4O.C3H8O2/c1-4-17(2)10-13(19-3)6-8-18-7-5-12-9-15-11-16-14(12)18;1-3(2,4)5/h5,7,9,11,13H,4,6,8,10H2,1-3H3;4-5H,1-2H3. The average molecular weight is 338 g/mol. The van der Waals surface area contributed by atoms with Gasteiger partial charge >= 0.3 is 0 Å². The van der Waals surface area contributed by atoms with Gasteiger partial charge in [0.15, 0.2) is 5.79 Å². The van der Waals surface area contributed by atoms with Crippen LogP contribution in [0.25, 0.3) is 11.0 Å². The van der Waals surface area contributed by atoms with Crippen LogP contribution in [0.2, 0.25) is 0 Å². The zero-order chi connectivity index (χ0) is 18.2. The lowest BCUT2D eigenvalue weighted by atomic mass is 10.2. The fraction of sp³-hybridized carbons (Fsp3) is 0.647. The van der Waals surface area contributed by atoms with Crippen LogP contribution in [0.1, 0.15) is 27.2 Å². The van der Waals surface area contributed by atoms with E-state index in [1.54, 1.807) is 13.4 Å². The Kier molecular flexibility index (Phi) is 8.27. The quantitative estimate of drug-likeness (QED) is 0.744. The van der Waals surface area contributed by atoms with E-state index in [0.717, 1.165) is 37.1 Å². The third-order valence-corrected chi connectivity index (χ3v) is 3.51. The molecule has 24 heavy (non-hydrogen) atoms. The van der Waals surface area contributed by atoms with E-state index >= 15 is 0 Å². The van der Waals surface area contributed by atoms with Crippen LogP contribution in [0.4, 0.5) is 0 Å². The first-order valence-corrected chi connectivity index (χ1v) is 8.15. The maximum Gasteiger partial charge on any atom is 0.156 e. The predicted octanol–water partition coefficient (Wildman–Crippen LogP) is 1.50. The summed E-state index contributed by atoms with van der Waals surface area (Å²) in [5.41, 5.74) is 0.994. The minimum Gasteiger partial charge on any atom is -0.380 e. The lowest BCUT2D eigenvalue weighted by Gasteiger charge is -2.22. The molecule has 0 aliphatic rings. The van der Waals surface area contributed by atoms with Gasteiger partial charge in [0.05, 0.1) is 6.10 Å². The van der Waals surface area contributed by atoms with Crippen molar-refractivity contribution in [2.45, 2.75) is 45.6 Å². The number of ether oxygens (including phenoxy) is 1. The predicted molar refractivity (Wildman–Crippen MR) is 94.6 cm³/mol. The van der Waals surface area contributed by atoms with Crippen molar-refractivity contribution < 1.29 is 14.9 Å². The fourth-order valence-electron chi connectivity index (χ4n) is 2.16. The molecule has 0 radical (unpaired) electrons. The van der Waals surface area contributed by atoms with Gasteiger partial charge in [-0.1, -0.05) is 6.92 Å². The summed E-state index contributed by atoms with van der Waals surface area (Å²) in [6.07, 6.45) is 6.74. The average Bonchev–Trinajstić information content (AvgIpc) is 2.92. The Bertz CT molecular complexity index is 589. The molecule has 0 saturated carbocycles. The van der Waals surface area contributed by atoms with E-state index in [2.05, 4.69) is 45.7 Å². The van der Waals surface area contributed by atoms with Gasteiger partial charge < -0.3 is 24.4 Å². The molecule has 0 fully saturated rings. The topological polar surface area (TPSA) is 83.6 Å². The summed E-state index contributed by atoms with van der Waals surface area (Å²) in [6, 6.07) is 2.05. The molecule has 7 nitrogen and oxygen atoms in total. The molecule has 2 N–H and O–H groups in total. The summed E-state index contributed by atoms with van der Waals surface area (Å²) in [5.74, 6) is -1.50. The second-order valence-corrected chi connectivity index (χ2v) is 6.31. The van der Waals surface area contributed by atoms with Crippen molar-refractivity contribution >= 4 is 11.0 Å². The smallest absolute Gasteiger partial charge is 0.156 e. The fourth-order valence-corrected chi connectivity index (χ4v) is 2.16. The van der Waals surface area contributed by atoms with Crippen LogP contribution in [0, 0.1) is 0 Å². The summed E-state index contributed by atoms with van der Waals surface area (Å²) < 4.78 is 7.71. The largest absolute Gasteiger partial charge is 0.380 e. The molecule has 1 atom stereocenters. The van der Waals surface area contributed by atoms with Gasteiger partial charge in [-0.2, -0.15) is 0 Å². The number of methoxy groups -OCH3 is 1. The number of fused-ring (bicyclic) bond motifs is 1. The van der Waals surface area contributed by atoms with Gasteiger partial charge in [-0.15, -0.1) is 0 Å². The Morgan fingerprint density at radius 2 is 2.04 bits per heavy atom. The van der Waals surface area contributed by atoms with Crippen molar-refractivity contribution in [2.24, 2.45) is 0 Å². The van der Waals surface area contributed by atoms with Gasteiger partial charge in [-0.05, 0) is 39.9 Å². The third-order valence-electron chi connectivity index (χ3n) is 3.51. The van der Waals surface area contributed by atoms with E-state index in [-0.39, 0.29) is 6.10 Å². The van der Waals surface area contributed by atoms with E-state index in [4.69, 9.17) is 14.9 Å². The molecule has 0 aliphatic heterocycles. The molecule has 0 spiro atoms. The first-order valence-electron chi connectivity index (χ1n) is 8.15. The van der Waals surface area contributed by atoms with Crippen LogP contribution in [0.5, 0.6) is 0 Å². The zero-order valence-corrected chi connectivity index (χ0v) is 15.3. The van der Waals surface area contributed by atoms with Gasteiger partial charge in [0.2, 0.25) is 0 Å². The molecule has 0 bridgehead atoms. The van der Waals surface area contributed by atoms with E-state index in [1.165, 1.54) is 13.8 Å². The Morgan fingerprint density at radius 3 is 2.62 bits per heavy atom. The summed E-state index contributed by atoms with van der Waals surface area (Å²) in [5, 5.41) is 17.2.